The van der Waals surface area contributed by atoms with Crippen LogP contribution in [0.5, 0.6) is 0 Å². The molecule has 6 nitrogen and oxygen atoms in total. The SMILES string of the molecule is CC1(C)c2ccccc2Nc2c(N)cccc21.CC1(C)c2ccccc2Nc2c([N+](=O)[O-])cccc21. The smallest absolute Gasteiger partial charge is 0.292 e. The lowest BCUT2D eigenvalue weighted by Crippen LogP contribution is -2.26. The van der Waals surface area contributed by atoms with Crippen molar-refractivity contribution >= 4 is 34.1 Å². The minimum absolute atomic E-state index is 0.00738. The quantitative estimate of drug-likeness (QED) is 0.149. The first-order valence-corrected chi connectivity index (χ1v) is 12.0. The van der Waals surface area contributed by atoms with Gasteiger partial charge in [-0.3, -0.25) is 10.1 Å². The highest BCUT2D eigenvalue weighted by molar-refractivity contribution is 5.83. The second kappa shape index (κ2) is 8.41. The molecule has 0 unspecified atom stereocenters. The number of nitro benzene ring substituents is 1. The topological polar surface area (TPSA) is 93.2 Å². The third-order valence-electron chi connectivity index (χ3n) is 7.40. The molecule has 0 atom stereocenters. The number of nitrogens with two attached hydrogens (primary N) is 1. The summed E-state index contributed by atoms with van der Waals surface area (Å²) >= 11 is 0. The van der Waals surface area contributed by atoms with Crippen molar-refractivity contribution in [3.8, 4) is 0 Å². The standard InChI is InChI=1S/C15H14N2O2.C15H16N2/c1-15(2)10-6-3-4-8-12(10)16-14-11(15)7-5-9-13(14)17(18)19;1-15(2)10-6-3-4-9-13(10)17-14-11(15)7-5-8-12(14)16/h3-9,16H,1-2H3;3-9,17H,16H2,1-2H3. The Morgan fingerprint density at radius 1 is 0.639 bits per heavy atom. The average molecular weight is 479 g/mol. The summed E-state index contributed by atoms with van der Waals surface area (Å²) < 4.78 is 0. The summed E-state index contributed by atoms with van der Waals surface area (Å²) in [6.45, 7) is 8.67. The molecule has 0 amide bonds. The van der Waals surface area contributed by atoms with Crippen molar-refractivity contribution in [2.75, 3.05) is 16.4 Å². The van der Waals surface area contributed by atoms with Crippen LogP contribution in [0.3, 0.4) is 0 Å². The van der Waals surface area contributed by atoms with E-state index in [0.29, 0.717) is 5.69 Å². The van der Waals surface area contributed by atoms with E-state index in [0.717, 1.165) is 33.9 Å². The Labute approximate surface area is 211 Å². The van der Waals surface area contributed by atoms with Crippen molar-refractivity contribution in [3.05, 3.63) is 117 Å². The molecular formula is C30H30N4O2. The number of hydrogen-bond donors (Lipinski definition) is 3. The first kappa shape index (κ1) is 23.4. The van der Waals surface area contributed by atoms with E-state index in [2.05, 4.69) is 68.7 Å². The number of nitro groups is 1. The molecule has 36 heavy (non-hydrogen) atoms. The predicted molar refractivity (Wildman–Crippen MR) is 148 cm³/mol. The van der Waals surface area contributed by atoms with Crippen LogP contribution in [-0.4, -0.2) is 4.92 Å². The van der Waals surface area contributed by atoms with Crippen LogP contribution in [0.15, 0.2) is 84.9 Å². The molecule has 0 radical (unpaired) electrons. The van der Waals surface area contributed by atoms with E-state index in [1.165, 1.54) is 17.2 Å². The summed E-state index contributed by atoms with van der Waals surface area (Å²) in [6.07, 6.45) is 0. The molecule has 0 bridgehead atoms. The Hall–Kier alpha value is -4.32. The third-order valence-corrected chi connectivity index (χ3v) is 7.40. The van der Waals surface area contributed by atoms with E-state index >= 15 is 0 Å². The summed E-state index contributed by atoms with van der Waals surface area (Å²) in [5.74, 6) is 0. The Kier molecular flexibility index (Phi) is 5.47. The highest BCUT2D eigenvalue weighted by Crippen LogP contribution is 2.48. The fraction of sp³-hybridized carbons (Fsp3) is 0.200. The number of nitrogen functional groups attached to an aromatic ring is 1. The maximum absolute atomic E-state index is 11.2. The van der Waals surface area contributed by atoms with E-state index in [9.17, 15) is 10.1 Å². The first-order chi connectivity index (χ1) is 17.1. The van der Waals surface area contributed by atoms with Crippen molar-refractivity contribution < 1.29 is 4.92 Å². The lowest BCUT2D eigenvalue weighted by Gasteiger charge is -2.36. The van der Waals surface area contributed by atoms with E-state index in [1.807, 2.05) is 42.5 Å². The number of anilines is 5. The van der Waals surface area contributed by atoms with Gasteiger partial charge in [-0.25, -0.2) is 0 Å². The van der Waals surface area contributed by atoms with Gasteiger partial charge in [0.05, 0.1) is 16.3 Å². The van der Waals surface area contributed by atoms with E-state index in [1.54, 1.807) is 6.07 Å². The molecule has 2 aliphatic heterocycles. The van der Waals surface area contributed by atoms with E-state index in [-0.39, 0.29) is 21.4 Å². The zero-order chi connectivity index (χ0) is 25.7. The zero-order valence-electron chi connectivity index (χ0n) is 20.9. The monoisotopic (exact) mass is 478 g/mol. The van der Waals surface area contributed by atoms with Crippen LogP contribution in [0, 0.1) is 10.1 Å². The molecule has 4 N–H and O–H groups in total. The van der Waals surface area contributed by atoms with Crippen LogP contribution >= 0.6 is 0 Å². The van der Waals surface area contributed by atoms with Crippen LogP contribution in [0.4, 0.5) is 34.1 Å². The molecule has 4 aromatic rings. The second-order valence-electron chi connectivity index (χ2n) is 10.3. The second-order valence-corrected chi connectivity index (χ2v) is 10.3. The first-order valence-electron chi connectivity index (χ1n) is 12.0. The molecule has 0 aliphatic carbocycles. The Morgan fingerprint density at radius 2 is 1.08 bits per heavy atom. The van der Waals surface area contributed by atoms with Gasteiger partial charge in [-0.15, -0.1) is 0 Å². The molecule has 2 aliphatic rings. The normalized spacial score (nSPS) is 15.3. The Balaban J connectivity index is 0.000000149. The molecule has 0 spiro atoms. The molecule has 0 fully saturated rings. The number of nitrogens with zero attached hydrogens (tertiary/aromatic N) is 1. The number of rotatable bonds is 1. The van der Waals surface area contributed by atoms with E-state index in [4.69, 9.17) is 5.73 Å². The summed E-state index contributed by atoms with van der Waals surface area (Å²) in [5, 5.41) is 17.8. The number of fused-ring (bicyclic) bond motifs is 4. The Morgan fingerprint density at radius 3 is 1.64 bits per heavy atom. The fourth-order valence-electron chi connectivity index (χ4n) is 5.41. The molecule has 2 heterocycles. The van der Waals surface area contributed by atoms with Crippen LogP contribution in [0.25, 0.3) is 0 Å². The predicted octanol–water partition coefficient (Wildman–Crippen LogP) is 7.63. The molecule has 182 valence electrons. The maximum Gasteiger partial charge on any atom is 0.292 e. The van der Waals surface area contributed by atoms with Crippen LogP contribution in [0.2, 0.25) is 0 Å². The number of nitrogens with one attached hydrogen (secondary N) is 2. The fourth-order valence-corrected chi connectivity index (χ4v) is 5.41. The lowest BCUT2D eigenvalue weighted by molar-refractivity contribution is -0.384. The molecule has 6 rings (SSSR count). The van der Waals surface area contributed by atoms with Crippen molar-refractivity contribution in [1.29, 1.82) is 0 Å². The van der Waals surface area contributed by atoms with Crippen LogP contribution in [0.1, 0.15) is 49.9 Å². The van der Waals surface area contributed by atoms with Crippen molar-refractivity contribution in [3.63, 3.8) is 0 Å². The van der Waals surface area contributed by atoms with Gasteiger partial charge in [-0.05, 0) is 40.5 Å². The molecule has 0 saturated heterocycles. The van der Waals surface area contributed by atoms with Gasteiger partial charge in [0.15, 0.2) is 0 Å². The van der Waals surface area contributed by atoms with Crippen LogP contribution in [-0.2, 0) is 10.8 Å². The lowest BCUT2D eigenvalue weighted by atomic mass is 9.74. The van der Waals surface area contributed by atoms with Gasteiger partial charge in [-0.2, -0.15) is 0 Å². The number of para-hydroxylation sites is 4. The maximum atomic E-state index is 11.2. The molecular weight excluding hydrogens is 448 g/mol. The largest absolute Gasteiger partial charge is 0.397 e. The summed E-state index contributed by atoms with van der Waals surface area (Å²) in [7, 11) is 0. The summed E-state index contributed by atoms with van der Waals surface area (Å²) in [5.41, 5.74) is 15.2. The molecule has 4 aromatic carbocycles. The molecule has 0 aromatic heterocycles. The minimum Gasteiger partial charge on any atom is -0.397 e. The third kappa shape index (κ3) is 3.66. The van der Waals surface area contributed by atoms with Gasteiger partial charge in [0.1, 0.15) is 5.69 Å². The van der Waals surface area contributed by atoms with Crippen molar-refractivity contribution in [2.24, 2.45) is 0 Å². The van der Waals surface area contributed by atoms with Gasteiger partial charge < -0.3 is 16.4 Å². The van der Waals surface area contributed by atoms with Gasteiger partial charge in [-0.1, -0.05) is 88.4 Å². The van der Waals surface area contributed by atoms with Crippen LogP contribution < -0.4 is 16.4 Å². The van der Waals surface area contributed by atoms with Gasteiger partial charge >= 0.3 is 0 Å². The summed E-state index contributed by atoms with van der Waals surface area (Å²) in [4.78, 5) is 10.8. The number of hydrogen-bond acceptors (Lipinski definition) is 5. The Bertz CT molecular complexity index is 1490. The van der Waals surface area contributed by atoms with Crippen molar-refractivity contribution in [2.45, 2.75) is 38.5 Å². The molecule has 6 heteroatoms. The molecule has 0 saturated carbocycles. The average Bonchev–Trinajstić information content (AvgIpc) is 2.85. The highest BCUT2D eigenvalue weighted by Gasteiger charge is 2.36. The van der Waals surface area contributed by atoms with Gasteiger partial charge in [0, 0.05) is 28.3 Å². The zero-order valence-corrected chi connectivity index (χ0v) is 20.9. The van der Waals surface area contributed by atoms with E-state index < -0.39 is 0 Å². The van der Waals surface area contributed by atoms with Gasteiger partial charge in [0.2, 0.25) is 0 Å². The summed E-state index contributed by atoms with van der Waals surface area (Å²) in [6, 6.07) is 27.7. The highest BCUT2D eigenvalue weighted by atomic mass is 16.6. The minimum atomic E-state index is -0.337. The van der Waals surface area contributed by atoms with Gasteiger partial charge in [0.25, 0.3) is 5.69 Å². The number of benzene rings is 4. The van der Waals surface area contributed by atoms with Crippen molar-refractivity contribution in [1.82, 2.24) is 0 Å².